The van der Waals surface area contributed by atoms with Gasteiger partial charge in [-0.25, -0.2) is 9.97 Å². The molecule has 0 bridgehead atoms. The van der Waals surface area contributed by atoms with Gasteiger partial charge in [-0.05, 0) is 31.0 Å². The van der Waals surface area contributed by atoms with E-state index < -0.39 is 0 Å². The maximum Gasteiger partial charge on any atom is 0.323 e. The average molecular weight is 381 g/mol. The smallest absolute Gasteiger partial charge is 0.323 e. The summed E-state index contributed by atoms with van der Waals surface area (Å²) >= 11 is 0. The van der Waals surface area contributed by atoms with Gasteiger partial charge in [0.05, 0.1) is 19.1 Å². The first-order valence-electron chi connectivity index (χ1n) is 9.27. The van der Waals surface area contributed by atoms with Gasteiger partial charge in [-0.15, -0.1) is 0 Å². The van der Waals surface area contributed by atoms with Gasteiger partial charge in [0.25, 0.3) is 0 Å². The number of nitrogens with zero attached hydrogens (tertiary/aromatic N) is 3. The molecule has 1 saturated heterocycles. The van der Waals surface area contributed by atoms with Gasteiger partial charge in [-0.1, -0.05) is 12.1 Å². The van der Waals surface area contributed by atoms with E-state index in [1.54, 1.807) is 7.11 Å². The molecule has 1 aromatic carbocycles. The standard InChI is InChI=1S/C20H23N5O3/c1-3-28-20(26)16-8-13(9-22-16)25-10-15(12-4-6-14(27-2)7-5-12)17-18(21)23-11-24-19(17)25/h4-7,10-11,13,16,22H,3,8-9H2,1-2H3,(H2,21,23,24). The average Bonchev–Trinajstić information content (AvgIpc) is 3.34. The Balaban J connectivity index is 1.74. The van der Waals surface area contributed by atoms with Crippen molar-refractivity contribution in [2.75, 3.05) is 26.0 Å². The molecule has 146 valence electrons. The molecule has 8 heteroatoms. The zero-order valence-corrected chi connectivity index (χ0v) is 15.9. The molecule has 3 N–H and O–H groups in total. The Hall–Kier alpha value is -3.13. The van der Waals surface area contributed by atoms with Gasteiger partial charge in [-0.3, -0.25) is 4.79 Å². The number of aromatic nitrogens is 3. The lowest BCUT2D eigenvalue weighted by Gasteiger charge is -2.12. The van der Waals surface area contributed by atoms with Gasteiger partial charge in [0.1, 0.15) is 29.6 Å². The minimum Gasteiger partial charge on any atom is -0.497 e. The first kappa shape index (κ1) is 18.2. The maximum atomic E-state index is 12.1. The lowest BCUT2D eigenvalue weighted by molar-refractivity contribution is -0.145. The number of rotatable bonds is 5. The fourth-order valence-corrected chi connectivity index (χ4v) is 3.73. The number of hydrogen-bond donors (Lipinski definition) is 2. The van der Waals surface area contributed by atoms with Crippen molar-refractivity contribution in [1.29, 1.82) is 0 Å². The number of carbonyl (C=O) groups is 1. The number of nitrogens with one attached hydrogen (secondary N) is 1. The summed E-state index contributed by atoms with van der Waals surface area (Å²) in [6.45, 7) is 2.84. The molecule has 0 radical (unpaired) electrons. The highest BCUT2D eigenvalue weighted by Crippen LogP contribution is 2.36. The molecule has 0 amide bonds. The third kappa shape index (κ3) is 3.16. The van der Waals surface area contributed by atoms with Crippen LogP contribution in [0.3, 0.4) is 0 Å². The molecule has 3 heterocycles. The molecule has 2 aromatic heterocycles. The molecular weight excluding hydrogens is 358 g/mol. The summed E-state index contributed by atoms with van der Waals surface area (Å²) in [5.41, 5.74) is 8.91. The molecule has 3 aromatic rings. The normalized spacial score (nSPS) is 19.1. The van der Waals surface area contributed by atoms with E-state index in [4.69, 9.17) is 15.2 Å². The largest absolute Gasteiger partial charge is 0.497 e. The Morgan fingerprint density at radius 3 is 2.82 bits per heavy atom. The Kier molecular flexibility index (Phi) is 4.87. The lowest BCUT2D eigenvalue weighted by atomic mass is 10.1. The maximum absolute atomic E-state index is 12.1. The van der Waals surface area contributed by atoms with Crippen LogP contribution in [0.2, 0.25) is 0 Å². The highest BCUT2D eigenvalue weighted by molar-refractivity contribution is 6.00. The van der Waals surface area contributed by atoms with Gasteiger partial charge in [0.2, 0.25) is 0 Å². The van der Waals surface area contributed by atoms with Crippen LogP contribution in [-0.4, -0.2) is 46.8 Å². The Morgan fingerprint density at radius 2 is 2.11 bits per heavy atom. The van der Waals surface area contributed by atoms with Crippen molar-refractivity contribution in [2.24, 2.45) is 0 Å². The van der Waals surface area contributed by atoms with Crippen LogP contribution in [0, 0.1) is 0 Å². The number of esters is 1. The van der Waals surface area contributed by atoms with Crippen molar-refractivity contribution < 1.29 is 14.3 Å². The number of ether oxygens (including phenoxy) is 2. The SMILES string of the molecule is CCOC(=O)C1CC(n2cc(-c3ccc(OC)cc3)c3c(N)ncnc32)CN1. The zero-order valence-electron chi connectivity index (χ0n) is 15.9. The number of benzene rings is 1. The molecule has 2 atom stereocenters. The summed E-state index contributed by atoms with van der Waals surface area (Å²) in [6, 6.07) is 7.54. The van der Waals surface area contributed by atoms with E-state index in [2.05, 4.69) is 19.9 Å². The van der Waals surface area contributed by atoms with Crippen LogP contribution in [0.15, 0.2) is 36.8 Å². The van der Waals surface area contributed by atoms with Gasteiger partial charge >= 0.3 is 5.97 Å². The van der Waals surface area contributed by atoms with Gasteiger partial charge in [0, 0.05) is 24.3 Å². The summed E-state index contributed by atoms with van der Waals surface area (Å²) in [5.74, 6) is 1.00. The summed E-state index contributed by atoms with van der Waals surface area (Å²) in [5, 5.41) is 4.06. The number of nitrogens with two attached hydrogens (primary N) is 1. The van der Waals surface area contributed by atoms with Crippen molar-refractivity contribution >= 4 is 22.8 Å². The summed E-state index contributed by atoms with van der Waals surface area (Å²) in [6.07, 6.45) is 4.14. The Bertz CT molecular complexity index is 999. The Labute approximate surface area is 162 Å². The van der Waals surface area contributed by atoms with Crippen LogP contribution in [0.4, 0.5) is 5.82 Å². The van der Waals surface area contributed by atoms with Gasteiger partial charge in [-0.2, -0.15) is 0 Å². The van der Waals surface area contributed by atoms with Crippen LogP contribution in [0.5, 0.6) is 5.75 Å². The quantitative estimate of drug-likeness (QED) is 0.653. The second-order valence-corrected chi connectivity index (χ2v) is 6.74. The van der Waals surface area contributed by atoms with Crippen molar-refractivity contribution in [3.05, 3.63) is 36.8 Å². The van der Waals surface area contributed by atoms with Crippen LogP contribution in [-0.2, 0) is 9.53 Å². The predicted molar refractivity (Wildman–Crippen MR) is 106 cm³/mol. The van der Waals surface area contributed by atoms with E-state index in [0.29, 0.717) is 25.4 Å². The third-order valence-electron chi connectivity index (χ3n) is 5.11. The van der Waals surface area contributed by atoms with E-state index in [0.717, 1.165) is 27.9 Å². The number of fused-ring (bicyclic) bond motifs is 1. The summed E-state index contributed by atoms with van der Waals surface area (Å²) in [4.78, 5) is 20.7. The van der Waals surface area contributed by atoms with Crippen molar-refractivity contribution in [2.45, 2.75) is 25.4 Å². The summed E-state index contributed by atoms with van der Waals surface area (Å²) in [7, 11) is 1.64. The molecule has 0 spiro atoms. The van der Waals surface area contributed by atoms with Crippen LogP contribution in [0.25, 0.3) is 22.2 Å². The molecule has 8 nitrogen and oxygen atoms in total. The molecule has 28 heavy (non-hydrogen) atoms. The van der Waals surface area contributed by atoms with Crippen LogP contribution < -0.4 is 15.8 Å². The first-order valence-corrected chi connectivity index (χ1v) is 9.27. The Morgan fingerprint density at radius 1 is 1.32 bits per heavy atom. The van der Waals surface area contributed by atoms with Crippen molar-refractivity contribution in [1.82, 2.24) is 19.9 Å². The molecule has 0 aliphatic carbocycles. The predicted octanol–water partition coefficient (Wildman–Crippen LogP) is 2.16. The monoisotopic (exact) mass is 381 g/mol. The van der Waals surface area contributed by atoms with Crippen molar-refractivity contribution in [3.8, 4) is 16.9 Å². The van der Waals surface area contributed by atoms with Gasteiger partial charge < -0.3 is 25.1 Å². The van der Waals surface area contributed by atoms with E-state index in [1.807, 2.05) is 37.4 Å². The molecule has 1 aliphatic heterocycles. The number of hydrogen-bond acceptors (Lipinski definition) is 7. The highest BCUT2D eigenvalue weighted by Gasteiger charge is 2.33. The van der Waals surface area contributed by atoms with E-state index in [1.165, 1.54) is 6.33 Å². The molecule has 4 rings (SSSR count). The molecular formula is C20H23N5O3. The van der Waals surface area contributed by atoms with Crippen molar-refractivity contribution in [3.63, 3.8) is 0 Å². The number of methoxy groups -OCH3 is 1. The second kappa shape index (κ2) is 7.47. The van der Waals surface area contributed by atoms with Crippen LogP contribution in [0.1, 0.15) is 19.4 Å². The van der Waals surface area contributed by atoms with E-state index in [9.17, 15) is 4.79 Å². The molecule has 1 aliphatic rings. The minimum atomic E-state index is -0.314. The second-order valence-electron chi connectivity index (χ2n) is 6.74. The number of anilines is 1. The zero-order chi connectivity index (χ0) is 19.7. The highest BCUT2D eigenvalue weighted by atomic mass is 16.5. The molecule has 2 unspecified atom stereocenters. The first-order chi connectivity index (χ1) is 13.6. The third-order valence-corrected chi connectivity index (χ3v) is 5.11. The number of nitrogen functional groups attached to an aromatic ring is 1. The number of carbonyl (C=O) groups excluding carboxylic acids is 1. The minimum absolute atomic E-state index is 0.0678. The fourth-order valence-electron chi connectivity index (χ4n) is 3.73. The van der Waals surface area contributed by atoms with E-state index >= 15 is 0 Å². The summed E-state index contributed by atoms with van der Waals surface area (Å²) < 4.78 is 12.5. The fraction of sp³-hybridized carbons (Fsp3) is 0.350. The topological polar surface area (TPSA) is 104 Å². The van der Waals surface area contributed by atoms with Gasteiger partial charge in [0.15, 0.2) is 0 Å². The molecule has 0 saturated carbocycles. The van der Waals surface area contributed by atoms with Crippen LogP contribution >= 0.6 is 0 Å². The molecule has 1 fully saturated rings. The lowest BCUT2D eigenvalue weighted by Crippen LogP contribution is -2.32. The van der Waals surface area contributed by atoms with E-state index in [-0.39, 0.29) is 18.1 Å².